The van der Waals surface area contributed by atoms with Gasteiger partial charge in [-0.3, -0.25) is 4.79 Å². The monoisotopic (exact) mass is 236 g/mol. The molecule has 1 aromatic carbocycles. The van der Waals surface area contributed by atoms with E-state index in [1.54, 1.807) is 13.1 Å². The molecule has 0 spiro atoms. The number of benzene rings is 1. The number of carbonyl (C=O) groups is 1. The molecule has 0 saturated heterocycles. The van der Waals surface area contributed by atoms with Gasteiger partial charge in [-0.15, -0.1) is 0 Å². The van der Waals surface area contributed by atoms with Crippen molar-refractivity contribution >= 4 is 5.91 Å². The maximum absolute atomic E-state index is 11.9. The van der Waals surface area contributed by atoms with Crippen molar-refractivity contribution in [1.29, 1.82) is 0 Å². The number of aliphatic hydroxyl groups is 1. The molecule has 1 aliphatic heterocycles. The van der Waals surface area contributed by atoms with Crippen LogP contribution in [0.25, 0.3) is 0 Å². The Hall–Kier alpha value is -1.39. The molecule has 1 aliphatic rings. The van der Waals surface area contributed by atoms with Gasteiger partial charge in [0.1, 0.15) is 5.54 Å². The normalized spacial score (nSPS) is 21.9. The van der Waals surface area contributed by atoms with Crippen molar-refractivity contribution in [2.75, 3.05) is 20.2 Å². The van der Waals surface area contributed by atoms with Gasteiger partial charge in [0, 0.05) is 19.2 Å². The maximum atomic E-state index is 11.9. The average molecular weight is 236 g/mol. The minimum atomic E-state index is -0.742. The second-order valence-electron chi connectivity index (χ2n) is 3.80. The molecule has 0 aromatic heterocycles. The van der Waals surface area contributed by atoms with E-state index in [4.69, 9.17) is 5.73 Å². The molecule has 1 atom stereocenters. The highest BCUT2D eigenvalue weighted by Crippen LogP contribution is 2.36. The van der Waals surface area contributed by atoms with E-state index in [0.29, 0.717) is 5.56 Å². The summed E-state index contributed by atoms with van der Waals surface area (Å²) in [7, 11) is 1.67. The summed E-state index contributed by atoms with van der Waals surface area (Å²) >= 11 is 0. The smallest absolute Gasteiger partial charge is 0.254 e. The van der Waals surface area contributed by atoms with Gasteiger partial charge in [0.25, 0.3) is 5.91 Å². The van der Waals surface area contributed by atoms with Crippen LogP contribution < -0.4 is 5.73 Å². The Bertz CT molecular complexity index is 400. The average Bonchev–Trinajstić information content (AvgIpc) is 2.63. The fraction of sp³-hybridized carbons (Fsp3) is 0.462. The first kappa shape index (κ1) is 13.7. The first-order chi connectivity index (χ1) is 8.17. The molecule has 1 unspecified atom stereocenters. The third-order valence-electron chi connectivity index (χ3n) is 3.20. The van der Waals surface area contributed by atoms with Crippen LogP contribution in [0.5, 0.6) is 0 Å². The number of carbonyl (C=O) groups excluding carboxylic acids is 1. The number of aliphatic hydroxyl groups excluding tert-OH is 1. The SMILES string of the molecule is CC.CN1C(=O)c2ccccc2C1(CN)CO. The second kappa shape index (κ2) is 5.29. The van der Waals surface area contributed by atoms with Gasteiger partial charge in [0.2, 0.25) is 0 Å². The summed E-state index contributed by atoms with van der Waals surface area (Å²) in [5.74, 6) is -0.0786. The van der Waals surface area contributed by atoms with E-state index in [1.165, 1.54) is 4.90 Å². The molecule has 4 nitrogen and oxygen atoms in total. The third kappa shape index (κ3) is 1.83. The summed E-state index contributed by atoms with van der Waals surface area (Å²) in [5.41, 5.74) is 6.41. The Morgan fingerprint density at radius 3 is 2.47 bits per heavy atom. The molecule has 0 saturated carbocycles. The standard InChI is InChI=1S/C11H14N2O2.C2H6/c1-13-10(15)8-4-2-3-5-9(8)11(13,6-12)7-14;1-2/h2-5,14H,6-7,12H2,1H3;1-2H3. The minimum Gasteiger partial charge on any atom is -0.394 e. The summed E-state index contributed by atoms with van der Waals surface area (Å²) in [6.45, 7) is 4.07. The topological polar surface area (TPSA) is 66.6 Å². The van der Waals surface area contributed by atoms with Gasteiger partial charge < -0.3 is 15.7 Å². The summed E-state index contributed by atoms with van der Waals surface area (Å²) < 4.78 is 0. The molecular formula is C13H20N2O2. The maximum Gasteiger partial charge on any atom is 0.254 e. The van der Waals surface area contributed by atoms with E-state index in [-0.39, 0.29) is 19.1 Å². The summed E-state index contributed by atoms with van der Waals surface area (Å²) in [6.07, 6.45) is 0. The van der Waals surface area contributed by atoms with Crippen LogP contribution in [0.2, 0.25) is 0 Å². The Morgan fingerprint density at radius 2 is 1.94 bits per heavy atom. The molecular weight excluding hydrogens is 216 g/mol. The number of nitrogens with zero attached hydrogens (tertiary/aromatic N) is 1. The number of hydrogen-bond donors (Lipinski definition) is 2. The van der Waals surface area contributed by atoms with Crippen LogP contribution in [0, 0.1) is 0 Å². The Labute approximate surface area is 102 Å². The van der Waals surface area contributed by atoms with Crippen LogP contribution in [0.1, 0.15) is 29.8 Å². The number of rotatable bonds is 2. The second-order valence-corrected chi connectivity index (χ2v) is 3.80. The van der Waals surface area contributed by atoms with Gasteiger partial charge in [-0.05, 0) is 11.6 Å². The van der Waals surface area contributed by atoms with Crippen molar-refractivity contribution in [1.82, 2.24) is 4.90 Å². The van der Waals surface area contributed by atoms with E-state index >= 15 is 0 Å². The minimum absolute atomic E-state index is 0.0786. The van der Waals surface area contributed by atoms with Crippen molar-refractivity contribution in [3.05, 3.63) is 35.4 Å². The zero-order chi connectivity index (χ0) is 13.1. The number of nitrogens with two attached hydrogens (primary N) is 1. The van der Waals surface area contributed by atoms with Crippen molar-refractivity contribution in [3.63, 3.8) is 0 Å². The fourth-order valence-electron chi connectivity index (χ4n) is 2.13. The van der Waals surface area contributed by atoms with E-state index < -0.39 is 5.54 Å². The van der Waals surface area contributed by atoms with Crippen LogP contribution in [0.4, 0.5) is 0 Å². The van der Waals surface area contributed by atoms with E-state index in [1.807, 2.05) is 32.0 Å². The highest BCUT2D eigenvalue weighted by atomic mass is 16.3. The predicted molar refractivity (Wildman–Crippen MR) is 67.7 cm³/mol. The molecule has 1 heterocycles. The van der Waals surface area contributed by atoms with Crippen molar-refractivity contribution in [2.24, 2.45) is 5.73 Å². The molecule has 1 aromatic rings. The first-order valence-electron chi connectivity index (χ1n) is 5.86. The lowest BCUT2D eigenvalue weighted by Crippen LogP contribution is -2.49. The van der Waals surface area contributed by atoms with Gasteiger partial charge >= 0.3 is 0 Å². The molecule has 4 heteroatoms. The fourth-order valence-corrected chi connectivity index (χ4v) is 2.13. The molecule has 1 amide bonds. The van der Waals surface area contributed by atoms with Crippen LogP contribution in [0.3, 0.4) is 0 Å². The summed E-state index contributed by atoms with van der Waals surface area (Å²) in [5, 5.41) is 9.48. The van der Waals surface area contributed by atoms with Crippen molar-refractivity contribution < 1.29 is 9.90 Å². The molecule has 0 bridgehead atoms. The lowest BCUT2D eigenvalue weighted by atomic mass is 9.91. The van der Waals surface area contributed by atoms with Crippen molar-refractivity contribution in [3.8, 4) is 0 Å². The summed E-state index contributed by atoms with van der Waals surface area (Å²) in [6, 6.07) is 7.28. The Morgan fingerprint density at radius 1 is 1.35 bits per heavy atom. The quantitative estimate of drug-likeness (QED) is 0.803. The van der Waals surface area contributed by atoms with Crippen molar-refractivity contribution in [2.45, 2.75) is 19.4 Å². The number of amides is 1. The zero-order valence-electron chi connectivity index (χ0n) is 10.6. The first-order valence-corrected chi connectivity index (χ1v) is 5.86. The third-order valence-corrected chi connectivity index (χ3v) is 3.20. The number of fused-ring (bicyclic) bond motifs is 1. The Balaban J connectivity index is 0.000000686. The zero-order valence-corrected chi connectivity index (χ0v) is 10.6. The molecule has 94 valence electrons. The van der Waals surface area contributed by atoms with Crippen LogP contribution in [-0.2, 0) is 5.54 Å². The molecule has 0 fully saturated rings. The van der Waals surface area contributed by atoms with Crippen LogP contribution >= 0.6 is 0 Å². The molecule has 17 heavy (non-hydrogen) atoms. The van der Waals surface area contributed by atoms with Gasteiger partial charge in [-0.2, -0.15) is 0 Å². The predicted octanol–water partition coefficient (Wildman–Crippen LogP) is 0.945. The van der Waals surface area contributed by atoms with E-state index in [0.717, 1.165) is 5.56 Å². The lowest BCUT2D eigenvalue weighted by molar-refractivity contribution is 0.0462. The van der Waals surface area contributed by atoms with Gasteiger partial charge in [-0.1, -0.05) is 32.0 Å². The van der Waals surface area contributed by atoms with Gasteiger partial charge in [0.15, 0.2) is 0 Å². The number of likely N-dealkylation sites (N-methyl/N-ethyl adjacent to an activating group) is 1. The van der Waals surface area contributed by atoms with Crippen LogP contribution in [0.15, 0.2) is 24.3 Å². The highest BCUT2D eigenvalue weighted by molar-refractivity contribution is 5.99. The highest BCUT2D eigenvalue weighted by Gasteiger charge is 2.46. The number of hydrogen-bond acceptors (Lipinski definition) is 3. The summed E-state index contributed by atoms with van der Waals surface area (Å²) in [4.78, 5) is 13.4. The van der Waals surface area contributed by atoms with E-state index in [9.17, 15) is 9.90 Å². The lowest BCUT2D eigenvalue weighted by Gasteiger charge is -2.33. The Kier molecular flexibility index (Phi) is 4.26. The molecule has 0 aliphatic carbocycles. The van der Waals surface area contributed by atoms with Crippen LogP contribution in [-0.4, -0.2) is 36.1 Å². The largest absolute Gasteiger partial charge is 0.394 e. The van der Waals surface area contributed by atoms with E-state index in [2.05, 4.69) is 0 Å². The molecule has 3 N–H and O–H groups in total. The molecule has 0 radical (unpaired) electrons. The molecule has 2 rings (SSSR count). The van der Waals surface area contributed by atoms with Gasteiger partial charge in [0.05, 0.1) is 6.61 Å². The van der Waals surface area contributed by atoms with Gasteiger partial charge in [-0.25, -0.2) is 0 Å².